The van der Waals surface area contributed by atoms with Crippen LogP contribution in [-0.4, -0.2) is 15.9 Å². The summed E-state index contributed by atoms with van der Waals surface area (Å²) in [6.07, 6.45) is 0. The lowest BCUT2D eigenvalue weighted by atomic mass is 10.1. The number of anilines is 2. The second kappa shape index (κ2) is 8.01. The molecule has 1 amide bonds. The number of nitrogens with zero attached hydrogens (tertiary/aromatic N) is 2. The summed E-state index contributed by atoms with van der Waals surface area (Å²) in [5, 5.41) is 3.70. The third-order valence-corrected chi connectivity index (χ3v) is 4.80. The number of benzene rings is 2. The fourth-order valence-corrected chi connectivity index (χ4v) is 3.46. The Labute approximate surface area is 157 Å². The second-order valence-corrected chi connectivity index (χ2v) is 7.23. The number of amides is 1. The van der Waals surface area contributed by atoms with E-state index < -0.39 is 0 Å². The first-order chi connectivity index (χ1) is 12.5. The molecule has 0 aliphatic heterocycles. The molecule has 0 saturated heterocycles. The van der Waals surface area contributed by atoms with E-state index in [1.807, 2.05) is 49.4 Å². The maximum Gasteiger partial charge on any atom is 0.255 e. The molecule has 3 N–H and O–H groups in total. The minimum atomic E-state index is -0.127. The van der Waals surface area contributed by atoms with Gasteiger partial charge < -0.3 is 11.1 Å². The molecule has 132 valence electrons. The van der Waals surface area contributed by atoms with Crippen molar-refractivity contribution in [3.63, 3.8) is 0 Å². The zero-order valence-corrected chi connectivity index (χ0v) is 15.5. The quantitative estimate of drug-likeness (QED) is 0.515. The highest BCUT2D eigenvalue weighted by molar-refractivity contribution is 7.99. The first-order valence-corrected chi connectivity index (χ1v) is 9.13. The van der Waals surface area contributed by atoms with Crippen LogP contribution in [0.1, 0.15) is 33.8 Å². The van der Waals surface area contributed by atoms with Gasteiger partial charge in [-0.2, -0.15) is 0 Å². The fourth-order valence-electron chi connectivity index (χ4n) is 2.51. The van der Waals surface area contributed by atoms with Crippen LogP contribution >= 0.6 is 11.8 Å². The predicted molar refractivity (Wildman–Crippen MR) is 106 cm³/mol. The van der Waals surface area contributed by atoms with E-state index in [1.165, 1.54) is 11.8 Å². The third-order valence-electron chi connectivity index (χ3n) is 3.79. The zero-order chi connectivity index (χ0) is 18.5. The van der Waals surface area contributed by atoms with Gasteiger partial charge in [0.1, 0.15) is 5.82 Å². The predicted octanol–water partition coefficient (Wildman–Crippen LogP) is 4.47. The van der Waals surface area contributed by atoms with E-state index in [1.54, 1.807) is 18.2 Å². The Morgan fingerprint density at radius 3 is 2.58 bits per heavy atom. The largest absolute Gasteiger partial charge is 0.384 e. The van der Waals surface area contributed by atoms with Gasteiger partial charge in [-0.1, -0.05) is 42.1 Å². The van der Waals surface area contributed by atoms with Crippen LogP contribution in [-0.2, 0) is 0 Å². The minimum Gasteiger partial charge on any atom is -0.384 e. The Morgan fingerprint density at radius 1 is 1.08 bits per heavy atom. The van der Waals surface area contributed by atoms with Crippen LogP contribution < -0.4 is 11.1 Å². The van der Waals surface area contributed by atoms with Gasteiger partial charge in [0.25, 0.3) is 5.91 Å². The minimum absolute atomic E-state index is 0.116. The summed E-state index contributed by atoms with van der Waals surface area (Å²) in [6.45, 7) is 3.97. The van der Waals surface area contributed by atoms with Crippen LogP contribution in [0.5, 0.6) is 0 Å². The van der Waals surface area contributed by atoms with E-state index in [2.05, 4.69) is 22.2 Å². The number of hydrogen-bond donors (Lipinski definition) is 2. The molecule has 0 saturated carbocycles. The second-order valence-electron chi connectivity index (χ2n) is 5.92. The number of thioether (sulfide) groups is 1. The van der Waals surface area contributed by atoms with Gasteiger partial charge in [0.15, 0.2) is 5.16 Å². The summed E-state index contributed by atoms with van der Waals surface area (Å²) in [7, 11) is 0. The summed E-state index contributed by atoms with van der Waals surface area (Å²) in [4.78, 5) is 21.0. The molecule has 1 heterocycles. The Bertz CT molecular complexity index is 894. The summed E-state index contributed by atoms with van der Waals surface area (Å²) in [6, 6.07) is 18.7. The van der Waals surface area contributed by atoms with Crippen LogP contribution in [0.2, 0.25) is 0 Å². The third kappa shape index (κ3) is 4.61. The summed E-state index contributed by atoms with van der Waals surface area (Å²) in [5.74, 6) is 0.342. The van der Waals surface area contributed by atoms with Crippen molar-refractivity contribution in [2.75, 3.05) is 11.1 Å². The van der Waals surface area contributed by atoms with Gasteiger partial charge in [0.2, 0.25) is 0 Å². The molecule has 2 aromatic carbocycles. The van der Waals surface area contributed by atoms with E-state index in [0.29, 0.717) is 16.5 Å². The summed E-state index contributed by atoms with van der Waals surface area (Å²) >= 11 is 1.53. The Hall–Kier alpha value is -2.86. The van der Waals surface area contributed by atoms with Crippen molar-refractivity contribution in [3.8, 4) is 0 Å². The highest BCUT2D eigenvalue weighted by Gasteiger charge is 2.12. The number of rotatable bonds is 5. The zero-order valence-electron chi connectivity index (χ0n) is 14.6. The van der Waals surface area contributed by atoms with Crippen LogP contribution in [0.3, 0.4) is 0 Å². The average Bonchev–Trinajstić information content (AvgIpc) is 2.62. The monoisotopic (exact) mass is 364 g/mol. The van der Waals surface area contributed by atoms with Crippen LogP contribution in [0, 0.1) is 6.92 Å². The number of hydrogen-bond acceptors (Lipinski definition) is 5. The summed E-state index contributed by atoms with van der Waals surface area (Å²) < 4.78 is 0. The van der Waals surface area contributed by atoms with Gasteiger partial charge in [0.05, 0.1) is 0 Å². The lowest BCUT2D eigenvalue weighted by Gasteiger charge is -2.13. The normalized spacial score (nSPS) is 11.8. The molecule has 3 rings (SSSR count). The van der Waals surface area contributed by atoms with Gasteiger partial charge in [-0.15, -0.1) is 0 Å². The standard InChI is InChI=1S/C20H20N4OS/c1-13-11-18(21)24-20(22-13)26-14(2)16-9-6-10-17(12-16)23-19(25)15-7-4-3-5-8-15/h3-12,14H,1-2H3,(H,23,25)(H2,21,22,24)/t14-/m1/s1. The van der Waals surface area contributed by atoms with Crippen molar-refractivity contribution >= 4 is 29.2 Å². The number of nitrogens with one attached hydrogen (secondary N) is 1. The number of aryl methyl sites for hydroxylation is 1. The molecular formula is C20H20N4OS. The Kier molecular flexibility index (Phi) is 5.53. The molecule has 6 heteroatoms. The number of carbonyl (C=O) groups is 1. The van der Waals surface area contributed by atoms with Gasteiger partial charge in [-0.3, -0.25) is 4.79 Å². The Balaban J connectivity index is 1.73. The highest BCUT2D eigenvalue weighted by Crippen LogP contribution is 2.34. The number of aromatic nitrogens is 2. The fraction of sp³-hybridized carbons (Fsp3) is 0.150. The van der Waals surface area contributed by atoms with Crippen molar-refractivity contribution < 1.29 is 4.79 Å². The maximum absolute atomic E-state index is 12.3. The molecule has 0 aliphatic rings. The van der Waals surface area contributed by atoms with Crippen molar-refractivity contribution in [1.29, 1.82) is 0 Å². The van der Waals surface area contributed by atoms with Crippen LogP contribution in [0.15, 0.2) is 65.8 Å². The van der Waals surface area contributed by atoms with Crippen molar-refractivity contribution in [2.45, 2.75) is 24.3 Å². The number of nitrogens with two attached hydrogens (primary N) is 1. The molecule has 3 aromatic rings. The molecule has 5 nitrogen and oxygen atoms in total. The first kappa shape index (κ1) is 17.9. The lowest BCUT2D eigenvalue weighted by molar-refractivity contribution is 0.102. The van der Waals surface area contributed by atoms with Gasteiger partial charge in [0, 0.05) is 28.3 Å². The molecule has 1 aromatic heterocycles. The van der Waals surface area contributed by atoms with Gasteiger partial charge in [-0.05, 0) is 43.7 Å². The molecule has 0 unspecified atom stereocenters. The van der Waals surface area contributed by atoms with E-state index in [4.69, 9.17) is 5.73 Å². The summed E-state index contributed by atoms with van der Waals surface area (Å²) in [5.41, 5.74) is 9.10. The Morgan fingerprint density at radius 2 is 1.85 bits per heavy atom. The molecular weight excluding hydrogens is 344 g/mol. The van der Waals surface area contributed by atoms with E-state index in [0.717, 1.165) is 16.9 Å². The highest BCUT2D eigenvalue weighted by atomic mass is 32.2. The molecule has 0 spiro atoms. The van der Waals surface area contributed by atoms with E-state index in [-0.39, 0.29) is 11.2 Å². The topological polar surface area (TPSA) is 80.9 Å². The SMILES string of the molecule is Cc1cc(N)nc(S[C@H](C)c2cccc(NC(=O)c3ccccc3)c2)n1. The molecule has 26 heavy (non-hydrogen) atoms. The van der Waals surface area contributed by atoms with Crippen LogP contribution in [0.25, 0.3) is 0 Å². The first-order valence-electron chi connectivity index (χ1n) is 8.25. The number of carbonyl (C=O) groups excluding carboxylic acids is 1. The van der Waals surface area contributed by atoms with E-state index in [9.17, 15) is 4.79 Å². The van der Waals surface area contributed by atoms with Crippen molar-refractivity contribution in [2.24, 2.45) is 0 Å². The van der Waals surface area contributed by atoms with Crippen LogP contribution in [0.4, 0.5) is 11.5 Å². The van der Waals surface area contributed by atoms with Crippen molar-refractivity contribution in [1.82, 2.24) is 9.97 Å². The number of nitrogen functional groups attached to an aromatic ring is 1. The van der Waals surface area contributed by atoms with Gasteiger partial charge in [-0.25, -0.2) is 9.97 Å². The molecule has 0 aliphatic carbocycles. The van der Waals surface area contributed by atoms with E-state index >= 15 is 0 Å². The van der Waals surface area contributed by atoms with Gasteiger partial charge >= 0.3 is 0 Å². The maximum atomic E-state index is 12.3. The average molecular weight is 364 g/mol. The molecule has 0 radical (unpaired) electrons. The molecule has 0 bridgehead atoms. The molecule has 0 fully saturated rings. The lowest BCUT2D eigenvalue weighted by Crippen LogP contribution is -2.11. The smallest absolute Gasteiger partial charge is 0.255 e. The van der Waals surface area contributed by atoms with Crippen molar-refractivity contribution in [3.05, 3.63) is 77.5 Å². The molecule has 1 atom stereocenters.